The summed E-state index contributed by atoms with van der Waals surface area (Å²) < 4.78 is 59.5. The van der Waals surface area contributed by atoms with Crippen molar-refractivity contribution in [3.8, 4) is 0 Å². The molecule has 1 aromatic rings. The van der Waals surface area contributed by atoms with E-state index in [-0.39, 0.29) is 11.5 Å². The van der Waals surface area contributed by atoms with Gasteiger partial charge in [-0.2, -0.15) is 0 Å². The predicted molar refractivity (Wildman–Crippen MR) is 107 cm³/mol. The zero-order chi connectivity index (χ0) is 23.1. The van der Waals surface area contributed by atoms with Crippen LogP contribution in [0.15, 0.2) is 47.0 Å². The van der Waals surface area contributed by atoms with E-state index in [0.29, 0.717) is 5.69 Å². The minimum atomic E-state index is -3.72. The van der Waals surface area contributed by atoms with Gasteiger partial charge in [0.05, 0.1) is 12.1 Å². The highest BCUT2D eigenvalue weighted by Gasteiger charge is 2.60. The van der Waals surface area contributed by atoms with E-state index in [4.69, 9.17) is 5.73 Å². The number of rotatable bonds is 5. The summed E-state index contributed by atoms with van der Waals surface area (Å²) in [5, 5.41) is 2.52. The van der Waals surface area contributed by atoms with Gasteiger partial charge in [0.1, 0.15) is 11.7 Å². The second-order valence-corrected chi connectivity index (χ2v) is 7.76. The lowest BCUT2D eigenvalue weighted by Crippen LogP contribution is -2.58. The monoisotopic (exact) mass is 427 g/mol. The van der Waals surface area contributed by atoms with Crippen molar-refractivity contribution < 1.29 is 22.4 Å². The molecule has 2 heterocycles. The third-order valence-corrected chi connectivity index (χ3v) is 5.01. The smallest absolute Gasteiger partial charge is 0.291 e. The Kier molecular flexibility index (Phi) is 6.02. The molecule has 0 aromatic carbocycles. The summed E-state index contributed by atoms with van der Waals surface area (Å²) in [5.41, 5.74) is 0.771. The van der Waals surface area contributed by atoms with Crippen LogP contribution in [0.1, 0.15) is 43.5 Å². The molecule has 2 rings (SSSR count). The zero-order valence-electron chi connectivity index (χ0n) is 17.5. The highest BCUT2D eigenvalue weighted by atomic mass is 19.3. The van der Waals surface area contributed by atoms with Gasteiger partial charge in [-0.1, -0.05) is 6.58 Å². The Morgan fingerprint density at radius 2 is 1.93 bits per heavy atom. The Morgan fingerprint density at radius 3 is 2.47 bits per heavy atom. The zero-order valence-corrected chi connectivity index (χ0v) is 17.5. The molecule has 6 nitrogen and oxygen atoms in total. The lowest BCUT2D eigenvalue weighted by atomic mass is 9.77. The molecule has 1 amide bonds. The van der Waals surface area contributed by atoms with E-state index >= 15 is 0 Å². The van der Waals surface area contributed by atoms with Crippen molar-refractivity contribution in [3.05, 3.63) is 53.5 Å². The Bertz CT molecular complexity index is 974. The number of nitrogens with one attached hydrogen (secondary N) is 1. The number of amidine groups is 1. The number of imidazole rings is 1. The number of allylic oxidation sites excluding steroid dienone is 3. The molecule has 1 aromatic heterocycles. The number of hydrogen-bond donors (Lipinski definition) is 2. The van der Waals surface area contributed by atoms with E-state index in [0.717, 1.165) is 19.9 Å². The Balaban J connectivity index is 2.23. The maximum Gasteiger partial charge on any atom is 0.291 e. The molecule has 0 unspecified atom stereocenters. The topological polar surface area (TPSA) is 85.3 Å². The van der Waals surface area contributed by atoms with Gasteiger partial charge in [0.25, 0.3) is 11.8 Å². The molecule has 3 N–H and O–H groups in total. The molecule has 0 fully saturated rings. The van der Waals surface area contributed by atoms with Gasteiger partial charge >= 0.3 is 0 Å². The largest absolute Gasteiger partial charge is 0.385 e. The first-order valence-corrected chi connectivity index (χ1v) is 9.08. The summed E-state index contributed by atoms with van der Waals surface area (Å²) in [5.74, 6) is -5.82. The number of nitrogens with zero attached hydrogens (tertiary/aromatic N) is 3. The number of amides is 1. The van der Waals surface area contributed by atoms with Crippen LogP contribution >= 0.6 is 0 Å². The molecular formula is C20H25F4N5O. The predicted octanol–water partition coefficient (Wildman–Crippen LogP) is 3.65. The molecule has 0 saturated heterocycles. The number of carbonyl (C=O) groups is 1. The maximum atomic E-state index is 14.6. The number of aliphatic imine (C=N–C) groups is 1. The van der Waals surface area contributed by atoms with Crippen LogP contribution in [-0.2, 0) is 7.05 Å². The first-order chi connectivity index (χ1) is 13.6. The van der Waals surface area contributed by atoms with Crippen molar-refractivity contribution in [1.82, 2.24) is 14.9 Å². The number of carbonyl (C=O) groups excluding carboxylic acids is 1. The van der Waals surface area contributed by atoms with Gasteiger partial charge in [0.2, 0.25) is 0 Å². The molecule has 30 heavy (non-hydrogen) atoms. The van der Waals surface area contributed by atoms with Crippen molar-refractivity contribution in [2.45, 2.75) is 51.2 Å². The lowest BCUT2D eigenvalue weighted by Gasteiger charge is -2.42. The summed E-state index contributed by atoms with van der Waals surface area (Å²) in [6, 6.07) is 0. The Hall–Kier alpha value is -2.91. The van der Waals surface area contributed by atoms with Crippen molar-refractivity contribution in [1.29, 1.82) is 0 Å². The fourth-order valence-electron chi connectivity index (χ4n) is 3.04. The van der Waals surface area contributed by atoms with Crippen LogP contribution in [-0.4, -0.2) is 38.4 Å². The molecule has 0 aliphatic carbocycles. The average Bonchev–Trinajstić information content (AvgIpc) is 2.95. The maximum absolute atomic E-state index is 14.6. The van der Waals surface area contributed by atoms with Gasteiger partial charge in [-0.3, -0.25) is 9.79 Å². The number of halogens is 4. The summed E-state index contributed by atoms with van der Waals surface area (Å²) >= 11 is 0. The van der Waals surface area contributed by atoms with E-state index in [1.807, 2.05) is 0 Å². The number of nitrogens with two attached hydrogens (primary N) is 1. The SMILES string of the molecule is C=C(/C(F)=C\C=C(/C)NC(=O)c1nc(C)cn1C)[C@@]1(C)N=C(N)[C@](C)(F)CC1(F)F. The van der Waals surface area contributed by atoms with E-state index in [2.05, 4.69) is 21.9 Å². The van der Waals surface area contributed by atoms with Gasteiger partial charge in [-0.25, -0.2) is 22.5 Å². The second-order valence-electron chi connectivity index (χ2n) is 7.76. The summed E-state index contributed by atoms with van der Waals surface area (Å²) in [6.07, 6.45) is 2.48. The summed E-state index contributed by atoms with van der Waals surface area (Å²) in [4.78, 5) is 19.8. The fourth-order valence-corrected chi connectivity index (χ4v) is 3.04. The first kappa shape index (κ1) is 23.4. The van der Waals surface area contributed by atoms with E-state index in [1.54, 1.807) is 20.2 Å². The van der Waals surface area contributed by atoms with Crippen LogP contribution in [0.2, 0.25) is 0 Å². The number of alkyl halides is 3. The van der Waals surface area contributed by atoms with E-state index in [1.165, 1.54) is 17.6 Å². The van der Waals surface area contributed by atoms with Crippen LogP contribution < -0.4 is 11.1 Å². The van der Waals surface area contributed by atoms with Crippen molar-refractivity contribution in [3.63, 3.8) is 0 Å². The van der Waals surface area contributed by atoms with E-state index < -0.39 is 46.7 Å². The molecule has 0 radical (unpaired) electrons. The average molecular weight is 427 g/mol. The van der Waals surface area contributed by atoms with Gasteiger partial charge in [-0.15, -0.1) is 0 Å². The first-order valence-electron chi connectivity index (χ1n) is 9.08. The minimum absolute atomic E-state index is 0.155. The third kappa shape index (κ3) is 4.31. The van der Waals surface area contributed by atoms with Gasteiger partial charge in [0.15, 0.2) is 17.0 Å². The third-order valence-electron chi connectivity index (χ3n) is 5.01. The Morgan fingerprint density at radius 1 is 1.33 bits per heavy atom. The standard InChI is InChI=1S/C20H25F4N5O/c1-11(27-16(30)15-26-12(2)9-29(15)6)7-8-14(21)13(3)19(5)20(23,24)10-18(4,22)17(25)28-19/h7-9H,3,10H2,1-2,4-6H3,(H2,25,28)(H,27,30)/b11-7+,14-8+/t18-,19-/m1/s1. The molecule has 164 valence electrons. The fraction of sp³-hybridized carbons (Fsp3) is 0.450. The van der Waals surface area contributed by atoms with Crippen molar-refractivity contribution in [2.24, 2.45) is 17.8 Å². The van der Waals surface area contributed by atoms with Gasteiger partial charge in [0, 0.05) is 24.5 Å². The van der Waals surface area contributed by atoms with Crippen LogP contribution in [0, 0.1) is 6.92 Å². The van der Waals surface area contributed by atoms with Crippen LogP contribution in [0.3, 0.4) is 0 Å². The highest BCUT2D eigenvalue weighted by Crippen LogP contribution is 2.48. The minimum Gasteiger partial charge on any atom is -0.385 e. The molecule has 1 aliphatic rings. The van der Waals surface area contributed by atoms with Crippen molar-refractivity contribution in [2.75, 3.05) is 0 Å². The quantitative estimate of drug-likeness (QED) is 0.556. The van der Waals surface area contributed by atoms with Crippen LogP contribution in [0.5, 0.6) is 0 Å². The van der Waals surface area contributed by atoms with Crippen LogP contribution in [0.25, 0.3) is 0 Å². The van der Waals surface area contributed by atoms with Gasteiger partial charge < -0.3 is 15.6 Å². The van der Waals surface area contributed by atoms with Gasteiger partial charge in [-0.05, 0) is 39.8 Å². The summed E-state index contributed by atoms with van der Waals surface area (Å²) in [7, 11) is 1.65. The normalized spacial score (nSPS) is 26.9. The molecule has 0 bridgehead atoms. The Labute approximate surface area is 172 Å². The molecule has 0 spiro atoms. The van der Waals surface area contributed by atoms with Crippen LogP contribution in [0.4, 0.5) is 17.6 Å². The number of aromatic nitrogens is 2. The van der Waals surface area contributed by atoms with E-state index in [9.17, 15) is 22.4 Å². The molecule has 2 atom stereocenters. The number of aryl methyl sites for hydroxylation is 2. The molecular weight excluding hydrogens is 402 g/mol. The highest BCUT2D eigenvalue weighted by molar-refractivity contribution is 5.92. The lowest BCUT2D eigenvalue weighted by molar-refractivity contribution is -0.0896. The molecule has 0 saturated carbocycles. The van der Waals surface area contributed by atoms with Crippen molar-refractivity contribution >= 4 is 11.7 Å². The second kappa shape index (κ2) is 7.73. The summed E-state index contributed by atoms with van der Waals surface area (Å²) in [6.45, 7) is 8.45. The molecule has 10 heteroatoms. The molecule has 1 aliphatic heterocycles. The number of hydrogen-bond acceptors (Lipinski definition) is 4.